The van der Waals surface area contributed by atoms with Crippen LogP contribution in [0.25, 0.3) is 0 Å². The molecule has 2 aliphatic heterocycles. The third-order valence-electron chi connectivity index (χ3n) is 2.19. The minimum atomic E-state index is 0.116. The van der Waals surface area contributed by atoms with Crippen molar-refractivity contribution in [2.75, 3.05) is 31.3 Å². The van der Waals surface area contributed by atoms with Gasteiger partial charge < -0.3 is 9.47 Å². The highest BCUT2D eigenvalue weighted by molar-refractivity contribution is 7.99. The van der Waals surface area contributed by atoms with E-state index in [0.29, 0.717) is 0 Å². The number of rotatable bonds is 0. The van der Waals surface area contributed by atoms with Gasteiger partial charge in [0.1, 0.15) is 5.60 Å². The molecule has 0 amide bonds. The predicted octanol–water partition coefficient (Wildman–Crippen LogP) is 1.30. The summed E-state index contributed by atoms with van der Waals surface area (Å²) in [6.07, 6.45) is 2.52. The molecule has 11 heavy (non-hydrogen) atoms. The molecular weight excluding hydrogens is 160 g/mol. The van der Waals surface area contributed by atoms with E-state index in [1.165, 1.54) is 18.6 Å². The average molecular weight is 174 g/mol. The van der Waals surface area contributed by atoms with Gasteiger partial charge in [0.15, 0.2) is 0 Å². The molecule has 0 atom stereocenters. The summed E-state index contributed by atoms with van der Waals surface area (Å²) < 4.78 is 10.9. The zero-order chi connectivity index (χ0) is 7.57. The summed E-state index contributed by atoms with van der Waals surface area (Å²) in [5.74, 6) is 2.43. The first-order valence-corrected chi connectivity index (χ1v) is 5.36. The molecule has 64 valence electrons. The van der Waals surface area contributed by atoms with Gasteiger partial charge in [-0.3, -0.25) is 0 Å². The molecule has 2 saturated heterocycles. The summed E-state index contributed by atoms with van der Waals surface area (Å²) in [4.78, 5) is 0. The summed E-state index contributed by atoms with van der Waals surface area (Å²) >= 11 is 2.01. The second-order valence-electron chi connectivity index (χ2n) is 3.28. The molecule has 0 aromatic carbocycles. The van der Waals surface area contributed by atoms with Gasteiger partial charge in [0.25, 0.3) is 0 Å². The Morgan fingerprint density at radius 3 is 2.82 bits per heavy atom. The van der Waals surface area contributed by atoms with Gasteiger partial charge in [0.05, 0.1) is 13.2 Å². The van der Waals surface area contributed by atoms with Crippen LogP contribution in [0.1, 0.15) is 12.8 Å². The monoisotopic (exact) mass is 174 g/mol. The number of thioether (sulfide) groups is 1. The van der Waals surface area contributed by atoms with Crippen LogP contribution in [0.3, 0.4) is 0 Å². The van der Waals surface area contributed by atoms with Gasteiger partial charge in [-0.15, -0.1) is 0 Å². The van der Waals surface area contributed by atoms with Gasteiger partial charge in [-0.25, -0.2) is 0 Å². The zero-order valence-electron chi connectivity index (χ0n) is 6.67. The lowest BCUT2D eigenvalue weighted by Crippen LogP contribution is -2.54. The fraction of sp³-hybridized carbons (Fsp3) is 1.00. The highest BCUT2D eigenvalue weighted by atomic mass is 32.2. The normalized spacial score (nSPS) is 30.5. The molecule has 0 aliphatic carbocycles. The second-order valence-corrected chi connectivity index (χ2v) is 4.39. The maximum absolute atomic E-state index is 5.76. The SMILES string of the molecule is C1CCSCC2(COC2)OC1. The molecule has 0 bridgehead atoms. The van der Waals surface area contributed by atoms with Gasteiger partial charge in [0.2, 0.25) is 0 Å². The lowest BCUT2D eigenvalue weighted by Gasteiger charge is -2.41. The van der Waals surface area contributed by atoms with Crippen molar-refractivity contribution < 1.29 is 9.47 Å². The maximum Gasteiger partial charge on any atom is 0.124 e. The third-order valence-corrected chi connectivity index (χ3v) is 3.49. The summed E-state index contributed by atoms with van der Waals surface area (Å²) in [6, 6.07) is 0. The molecule has 2 heterocycles. The summed E-state index contributed by atoms with van der Waals surface area (Å²) in [6.45, 7) is 2.57. The van der Waals surface area contributed by atoms with E-state index < -0.39 is 0 Å². The minimum absolute atomic E-state index is 0.116. The first kappa shape index (κ1) is 7.90. The Labute approximate surface area is 71.6 Å². The molecule has 2 nitrogen and oxygen atoms in total. The Bertz CT molecular complexity index is 124. The van der Waals surface area contributed by atoms with Gasteiger partial charge >= 0.3 is 0 Å². The summed E-state index contributed by atoms with van der Waals surface area (Å²) in [5, 5.41) is 0. The lowest BCUT2D eigenvalue weighted by atomic mass is 10.1. The van der Waals surface area contributed by atoms with E-state index in [4.69, 9.17) is 9.47 Å². The van der Waals surface area contributed by atoms with E-state index >= 15 is 0 Å². The average Bonchev–Trinajstić information content (AvgIpc) is 1.82. The fourth-order valence-corrected chi connectivity index (χ4v) is 2.57. The largest absolute Gasteiger partial charge is 0.375 e. The molecule has 2 fully saturated rings. The summed E-state index contributed by atoms with van der Waals surface area (Å²) in [7, 11) is 0. The Kier molecular flexibility index (Phi) is 2.39. The molecule has 0 N–H and O–H groups in total. The van der Waals surface area contributed by atoms with E-state index in [2.05, 4.69) is 0 Å². The number of ether oxygens (including phenoxy) is 2. The molecule has 0 saturated carbocycles. The maximum atomic E-state index is 5.76. The number of hydrogen-bond acceptors (Lipinski definition) is 3. The van der Waals surface area contributed by atoms with Crippen LogP contribution in [-0.4, -0.2) is 36.9 Å². The van der Waals surface area contributed by atoms with Crippen molar-refractivity contribution in [3.63, 3.8) is 0 Å². The standard InChI is InChI=1S/C8H14O2S/c1-2-4-11-7-8(10-3-1)5-9-6-8/h1-7H2. The zero-order valence-corrected chi connectivity index (χ0v) is 7.49. The van der Waals surface area contributed by atoms with Crippen LogP contribution in [0.4, 0.5) is 0 Å². The third kappa shape index (κ3) is 1.71. The van der Waals surface area contributed by atoms with Crippen molar-refractivity contribution in [3.8, 4) is 0 Å². The molecule has 0 aromatic heterocycles. The van der Waals surface area contributed by atoms with Crippen LogP contribution in [-0.2, 0) is 9.47 Å². The number of hydrogen-bond donors (Lipinski definition) is 0. The smallest absolute Gasteiger partial charge is 0.124 e. The molecule has 0 aromatic rings. The van der Waals surface area contributed by atoms with E-state index in [1.54, 1.807) is 0 Å². The fourth-order valence-electron chi connectivity index (χ4n) is 1.39. The van der Waals surface area contributed by atoms with Crippen molar-refractivity contribution in [3.05, 3.63) is 0 Å². The summed E-state index contributed by atoms with van der Waals surface area (Å²) in [5.41, 5.74) is 0.116. The topological polar surface area (TPSA) is 18.5 Å². The second kappa shape index (κ2) is 3.33. The highest BCUT2D eigenvalue weighted by Gasteiger charge is 2.39. The molecule has 2 aliphatic rings. The van der Waals surface area contributed by atoms with E-state index in [-0.39, 0.29) is 5.60 Å². The Hall–Kier alpha value is 0.270. The van der Waals surface area contributed by atoms with E-state index in [0.717, 1.165) is 25.6 Å². The van der Waals surface area contributed by atoms with E-state index in [1.807, 2.05) is 11.8 Å². The molecule has 1 spiro atoms. The highest BCUT2D eigenvalue weighted by Crippen LogP contribution is 2.28. The van der Waals surface area contributed by atoms with Crippen molar-refractivity contribution in [1.82, 2.24) is 0 Å². The van der Waals surface area contributed by atoms with Crippen LogP contribution < -0.4 is 0 Å². The molecule has 0 unspecified atom stereocenters. The van der Waals surface area contributed by atoms with Crippen LogP contribution in [0.5, 0.6) is 0 Å². The molecule has 3 heteroatoms. The van der Waals surface area contributed by atoms with Crippen molar-refractivity contribution in [1.29, 1.82) is 0 Å². The van der Waals surface area contributed by atoms with Gasteiger partial charge in [-0.1, -0.05) is 0 Å². The molecule has 0 radical (unpaired) electrons. The van der Waals surface area contributed by atoms with Gasteiger partial charge in [0, 0.05) is 12.4 Å². The van der Waals surface area contributed by atoms with Crippen LogP contribution in [0.2, 0.25) is 0 Å². The Balaban J connectivity index is 1.86. The molecule has 2 rings (SSSR count). The van der Waals surface area contributed by atoms with Crippen LogP contribution in [0, 0.1) is 0 Å². The Morgan fingerprint density at radius 2 is 2.09 bits per heavy atom. The van der Waals surface area contributed by atoms with Crippen molar-refractivity contribution in [2.45, 2.75) is 18.4 Å². The van der Waals surface area contributed by atoms with Gasteiger partial charge in [-0.05, 0) is 18.6 Å². The van der Waals surface area contributed by atoms with Gasteiger partial charge in [-0.2, -0.15) is 11.8 Å². The van der Waals surface area contributed by atoms with E-state index in [9.17, 15) is 0 Å². The minimum Gasteiger partial charge on any atom is -0.375 e. The Morgan fingerprint density at radius 1 is 1.18 bits per heavy atom. The predicted molar refractivity (Wildman–Crippen MR) is 46.1 cm³/mol. The first-order chi connectivity index (χ1) is 5.41. The lowest BCUT2D eigenvalue weighted by molar-refractivity contribution is -0.196. The molecular formula is C8H14O2S. The first-order valence-electron chi connectivity index (χ1n) is 4.21. The van der Waals surface area contributed by atoms with Crippen molar-refractivity contribution >= 4 is 11.8 Å². The van der Waals surface area contributed by atoms with Crippen LogP contribution in [0.15, 0.2) is 0 Å². The quantitative estimate of drug-likeness (QED) is 0.551. The van der Waals surface area contributed by atoms with Crippen molar-refractivity contribution in [2.24, 2.45) is 0 Å². The van der Waals surface area contributed by atoms with Crippen LogP contribution >= 0.6 is 11.8 Å².